The van der Waals surface area contributed by atoms with Gasteiger partial charge >= 0.3 is 12.0 Å². The van der Waals surface area contributed by atoms with Crippen LogP contribution in [0.5, 0.6) is 0 Å². The van der Waals surface area contributed by atoms with Crippen LogP contribution in [0.4, 0.5) is 10.5 Å². The Hall–Kier alpha value is -3.10. The summed E-state index contributed by atoms with van der Waals surface area (Å²) in [5, 5.41) is 17.1. The number of urea groups is 1. The molecule has 0 saturated heterocycles. The molecule has 0 aliphatic carbocycles. The van der Waals surface area contributed by atoms with Gasteiger partial charge in [0.15, 0.2) is 0 Å². The van der Waals surface area contributed by atoms with Crippen molar-refractivity contribution in [1.82, 2.24) is 15.5 Å². The van der Waals surface area contributed by atoms with Gasteiger partial charge in [-0.25, -0.2) is 9.59 Å². The molecule has 0 aliphatic heterocycles. The first-order valence-electron chi connectivity index (χ1n) is 8.57. The van der Waals surface area contributed by atoms with Crippen molar-refractivity contribution in [3.8, 4) is 0 Å². The van der Waals surface area contributed by atoms with Gasteiger partial charge in [-0.3, -0.25) is 9.59 Å². The lowest BCUT2D eigenvalue weighted by Crippen LogP contribution is -2.46. The molecule has 4 amide bonds. The Morgan fingerprint density at radius 2 is 1.81 bits per heavy atom. The minimum atomic E-state index is -1.16. The molecule has 0 fully saturated rings. The van der Waals surface area contributed by atoms with Crippen LogP contribution in [0.15, 0.2) is 24.3 Å². The van der Waals surface area contributed by atoms with Gasteiger partial charge in [-0.1, -0.05) is 6.07 Å². The first-order chi connectivity index (χ1) is 12.6. The van der Waals surface area contributed by atoms with Crippen LogP contribution in [-0.2, 0) is 9.59 Å². The van der Waals surface area contributed by atoms with Gasteiger partial charge in [-0.2, -0.15) is 0 Å². The topological polar surface area (TPSA) is 128 Å². The van der Waals surface area contributed by atoms with E-state index in [0.717, 1.165) is 4.90 Å². The molecule has 0 saturated carbocycles. The van der Waals surface area contributed by atoms with E-state index in [1.165, 1.54) is 26.0 Å². The van der Waals surface area contributed by atoms with Crippen LogP contribution in [0.25, 0.3) is 0 Å². The predicted molar refractivity (Wildman–Crippen MR) is 101 cm³/mol. The fourth-order valence-corrected chi connectivity index (χ4v) is 2.28. The maximum Gasteiger partial charge on any atom is 0.326 e. The van der Waals surface area contributed by atoms with E-state index in [1.807, 2.05) is 13.8 Å². The number of carboxylic acids is 1. The smallest absolute Gasteiger partial charge is 0.326 e. The molecular weight excluding hydrogens is 352 g/mol. The number of nitrogens with one attached hydrogen (secondary N) is 3. The highest BCUT2D eigenvalue weighted by molar-refractivity contribution is 5.98. The fourth-order valence-electron chi connectivity index (χ4n) is 2.28. The number of anilines is 1. The number of nitrogens with zero attached hydrogens (tertiary/aromatic N) is 1. The summed E-state index contributed by atoms with van der Waals surface area (Å²) in [6, 6.07) is 4.70. The Morgan fingerprint density at radius 3 is 2.37 bits per heavy atom. The number of carbonyl (C=O) groups excluding carboxylic acids is 3. The summed E-state index contributed by atoms with van der Waals surface area (Å²) in [4.78, 5) is 48.1. The molecule has 0 heterocycles. The largest absolute Gasteiger partial charge is 0.480 e. The number of hydrogen-bond donors (Lipinski definition) is 4. The number of rotatable bonds is 8. The second kappa shape index (κ2) is 10.1. The second-order valence-corrected chi connectivity index (χ2v) is 6.33. The number of benzene rings is 1. The Balaban J connectivity index is 2.96. The first-order valence-corrected chi connectivity index (χ1v) is 8.57. The van der Waals surface area contributed by atoms with Gasteiger partial charge in [-0.15, -0.1) is 0 Å². The Morgan fingerprint density at radius 1 is 1.15 bits per heavy atom. The van der Waals surface area contributed by atoms with Crippen LogP contribution in [0.3, 0.4) is 0 Å². The number of carboxylic acid groups (broad SMARTS) is 1. The zero-order chi connectivity index (χ0) is 20.6. The van der Waals surface area contributed by atoms with Gasteiger partial charge in [0.2, 0.25) is 5.91 Å². The molecule has 9 heteroatoms. The van der Waals surface area contributed by atoms with Crippen molar-refractivity contribution < 1.29 is 24.3 Å². The average Bonchev–Trinajstić information content (AvgIpc) is 2.56. The Bertz CT molecular complexity index is 705. The molecule has 0 aromatic heterocycles. The highest BCUT2D eigenvalue weighted by atomic mass is 16.4. The molecule has 27 heavy (non-hydrogen) atoms. The second-order valence-electron chi connectivity index (χ2n) is 6.33. The van der Waals surface area contributed by atoms with Gasteiger partial charge in [0.1, 0.15) is 6.04 Å². The minimum absolute atomic E-state index is 0.0391. The highest BCUT2D eigenvalue weighted by Crippen LogP contribution is 2.14. The van der Waals surface area contributed by atoms with Crippen LogP contribution >= 0.6 is 0 Å². The molecule has 0 aliphatic rings. The van der Waals surface area contributed by atoms with Crippen molar-refractivity contribution in [2.45, 2.75) is 39.8 Å². The first kappa shape index (κ1) is 21.9. The van der Waals surface area contributed by atoms with E-state index in [4.69, 9.17) is 0 Å². The molecular formula is C18H26N4O5. The third-order valence-electron chi connectivity index (χ3n) is 3.60. The zero-order valence-corrected chi connectivity index (χ0v) is 15.9. The molecule has 4 N–H and O–H groups in total. The molecule has 0 radical (unpaired) electrons. The van der Waals surface area contributed by atoms with Crippen molar-refractivity contribution in [3.05, 3.63) is 29.8 Å². The normalized spacial score (nSPS) is 11.4. The summed E-state index contributed by atoms with van der Waals surface area (Å²) >= 11 is 0. The lowest BCUT2D eigenvalue weighted by molar-refractivity contribution is -0.141. The molecule has 1 aromatic carbocycles. The summed E-state index contributed by atoms with van der Waals surface area (Å²) < 4.78 is 0. The maximum atomic E-state index is 12.8. The third-order valence-corrected chi connectivity index (χ3v) is 3.60. The SMILES string of the molecule is CC(=O)NCCN(C(=O)c1cccc(NC(=O)NC(C)C)c1)C(C)C(=O)O. The van der Waals surface area contributed by atoms with Crippen molar-refractivity contribution in [2.75, 3.05) is 18.4 Å². The van der Waals surface area contributed by atoms with E-state index in [0.29, 0.717) is 5.69 Å². The molecule has 0 spiro atoms. The van der Waals surface area contributed by atoms with Crippen molar-refractivity contribution in [3.63, 3.8) is 0 Å². The van der Waals surface area contributed by atoms with Gasteiger partial charge in [-0.05, 0) is 39.0 Å². The quantitative estimate of drug-likeness (QED) is 0.542. The maximum absolute atomic E-state index is 12.8. The van der Waals surface area contributed by atoms with E-state index < -0.39 is 23.9 Å². The molecule has 1 atom stereocenters. The van der Waals surface area contributed by atoms with Crippen LogP contribution in [0.1, 0.15) is 38.1 Å². The van der Waals surface area contributed by atoms with Crippen molar-refractivity contribution in [1.29, 1.82) is 0 Å². The van der Waals surface area contributed by atoms with Crippen LogP contribution < -0.4 is 16.0 Å². The third kappa shape index (κ3) is 7.35. The molecule has 148 valence electrons. The molecule has 1 unspecified atom stereocenters. The average molecular weight is 378 g/mol. The Labute approximate surface area is 158 Å². The summed E-state index contributed by atoms with van der Waals surface area (Å²) in [7, 11) is 0. The number of aliphatic carboxylic acids is 1. The van der Waals surface area contributed by atoms with E-state index in [1.54, 1.807) is 12.1 Å². The van der Waals surface area contributed by atoms with E-state index in [-0.39, 0.29) is 30.6 Å². The monoisotopic (exact) mass is 378 g/mol. The van der Waals surface area contributed by atoms with Crippen LogP contribution in [-0.4, -0.2) is 59.0 Å². The summed E-state index contributed by atoms with van der Waals surface area (Å²) in [6.45, 7) is 6.54. The van der Waals surface area contributed by atoms with Crippen molar-refractivity contribution >= 4 is 29.5 Å². The highest BCUT2D eigenvalue weighted by Gasteiger charge is 2.26. The van der Waals surface area contributed by atoms with Gasteiger partial charge in [0.25, 0.3) is 5.91 Å². The number of carbonyl (C=O) groups is 4. The predicted octanol–water partition coefficient (Wildman–Crippen LogP) is 1.27. The van der Waals surface area contributed by atoms with Gasteiger partial charge < -0.3 is 26.0 Å². The molecule has 9 nitrogen and oxygen atoms in total. The lowest BCUT2D eigenvalue weighted by atomic mass is 10.1. The fraction of sp³-hybridized carbons (Fsp3) is 0.444. The zero-order valence-electron chi connectivity index (χ0n) is 15.9. The minimum Gasteiger partial charge on any atom is -0.480 e. The standard InChI is InChI=1S/C18H26N4O5/c1-11(2)20-18(27)21-15-7-5-6-14(10-15)16(24)22(12(3)17(25)26)9-8-19-13(4)23/h5-7,10-12H,8-9H2,1-4H3,(H,19,23)(H,25,26)(H2,20,21,27). The van der Waals surface area contributed by atoms with Gasteiger partial charge in [0, 0.05) is 37.3 Å². The molecule has 0 bridgehead atoms. The number of hydrogen-bond acceptors (Lipinski definition) is 4. The summed E-state index contributed by atoms with van der Waals surface area (Å²) in [5.41, 5.74) is 0.636. The van der Waals surface area contributed by atoms with E-state index in [2.05, 4.69) is 16.0 Å². The van der Waals surface area contributed by atoms with Crippen molar-refractivity contribution in [2.24, 2.45) is 0 Å². The summed E-state index contributed by atoms with van der Waals surface area (Å²) in [6.07, 6.45) is 0. The lowest BCUT2D eigenvalue weighted by Gasteiger charge is -2.27. The molecule has 1 rings (SSSR count). The van der Waals surface area contributed by atoms with Crippen LogP contribution in [0, 0.1) is 0 Å². The number of amides is 4. The van der Waals surface area contributed by atoms with E-state index >= 15 is 0 Å². The van der Waals surface area contributed by atoms with Gasteiger partial charge in [0.05, 0.1) is 0 Å². The molecule has 1 aromatic rings. The Kier molecular flexibility index (Phi) is 8.25. The van der Waals surface area contributed by atoms with Crippen LogP contribution in [0.2, 0.25) is 0 Å². The van der Waals surface area contributed by atoms with E-state index in [9.17, 15) is 24.3 Å². The summed E-state index contributed by atoms with van der Waals surface area (Å²) in [5.74, 6) is -1.94.